The highest BCUT2D eigenvalue weighted by Crippen LogP contribution is 2.33. The predicted molar refractivity (Wildman–Crippen MR) is 122 cm³/mol. The van der Waals surface area contributed by atoms with Gasteiger partial charge >= 0.3 is 12.2 Å². The normalized spacial score (nSPS) is 11.3. The molecule has 1 aromatic heterocycles. The summed E-state index contributed by atoms with van der Waals surface area (Å²) in [6, 6.07) is 18.8. The van der Waals surface area contributed by atoms with Gasteiger partial charge in [0, 0.05) is 16.8 Å². The molecule has 174 valence electrons. The van der Waals surface area contributed by atoms with Crippen molar-refractivity contribution in [3.63, 3.8) is 0 Å². The summed E-state index contributed by atoms with van der Waals surface area (Å²) in [7, 11) is 0. The van der Waals surface area contributed by atoms with E-state index in [9.17, 15) is 18.0 Å². The number of rotatable bonds is 6. The number of benzene rings is 3. The molecule has 0 bridgehead atoms. The first-order chi connectivity index (χ1) is 16.2. The number of anilines is 1. The Balaban J connectivity index is 1.71. The molecule has 1 N–H and O–H groups in total. The van der Waals surface area contributed by atoms with Crippen molar-refractivity contribution in [2.24, 2.45) is 0 Å². The maximum atomic E-state index is 13.3. The van der Waals surface area contributed by atoms with Crippen molar-refractivity contribution < 1.29 is 22.7 Å². The lowest BCUT2D eigenvalue weighted by molar-refractivity contribution is -0.137. The van der Waals surface area contributed by atoms with Crippen molar-refractivity contribution in [2.75, 3.05) is 11.9 Å². The number of halogens is 3. The molecule has 0 atom stereocenters. The quantitative estimate of drug-likeness (QED) is 0.383. The number of amides is 1. The summed E-state index contributed by atoms with van der Waals surface area (Å²) in [5, 5.41) is 7.14. The Morgan fingerprint density at radius 2 is 1.76 bits per heavy atom. The molecular formula is C25H21F3N4O2. The second-order valence-electron chi connectivity index (χ2n) is 7.51. The fourth-order valence-electron chi connectivity index (χ4n) is 3.31. The topological polar surface area (TPSA) is 69.0 Å². The number of nitrogens with one attached hydrogen (secondary N) is 1. The van der Waals surface area contributed by atoms with E-state index in [2.05, 4.69) is 15.4 Å². The van der Waals surface area contributed by atoms with E-state index in [1.807, 2.05) is 19.1 Å². The number of carbonyl (C=O) groups excluding carboxylic acids is 1. The van der Waals surface area contributed by atoms with Gasteiger partial charge in [0.15, 0.2) is 5.82 Å². The average molecular weight is 466 g/mol. The van der Waals surface area contributed by atoms with Gasteiger partial charge in [-0.15, -0.1) is 5.10 Å². The summed E-state index contributed by atoms with van der Waals surface area (Å²) in [4.78, 5) is 16.9. The van der Waals surface area contributed by atoms with E-state index < -0.39 is 11.7 Å². The highest BCUT2D eigenvalue weighted by molar-refractivity contribution is 6.04. The van der Waals surface area contributed by atoms with E-state index in [1.54, 1.807) is 43.3 Å². The summed E-state index contributed by atoms with van der Waals surface area (Å²) < 4.78 is 46.6. The molecule has 0 radical (unpaired) electrons. The van der Waals surface area contributed by atoms with E-state index in [0.29, 0.717) is 23.5 Å². The fourth-order valence-corrected chi connectivity index (χ4v) is 3.31. The van der Waals surface area contributed by atoms with Crippen LogP contribution in [0.2, 0.25) is 0 Å². The molecule has 3 aromatic carbocycles. The molecule has 0 aliphatic heterocycles. The molecule has 0 aliphatic carbocycles. The number of hydrogen-bond acceptors (Lipinski definition) is 4. The van der Waals surface area contributed by atoms with Crippen molar-refractivity contribution in [1.82, 2.24) is 14.8 Å². The highest BCUT2D eigenvalue weighted by Gasteiger charge is 2.31. The van der Waals surface area contributed by atoms with E-state index >= 15 is 0 Å². The molecule has 6 nitrogen and oxygen atoms in total. The number of ether oxygens (including phenoxy) is 1. The molecule has 0 saturated carbocycles. The van der Waals surface area contributed by atoms with Crippen LogP contribution in [0, 0.1) is 6.92 Å². The van der Waals surface area contributed by atoms with Crippen molar-refractivity contribution >= 4 is 11.6 Å². The van der Waals surface area contributed by atoms with Crippen LogP contribution in [0.25, 0.3) is 17.1 Å². The standard InChI is InChI=1S/C25H21F3N4O2/c1-3-34-24-30-22(18-6-4-7-19(14-18)25(26,27)28)32(31-24)21-9-5-8-20(15-21)29-23(33)17-12-10-16(2)11-13-17/h4-15H,3H2,1-2H3,(H,29,33). The van der Waals surface area contributed by atoms with Crippen molar-refractivity contribution in [3.05, 3.63) is 89.5 Å². The minimum Gasteiger partial charge on any atom is -0.463 e. The van der Waals surface area contributed by atoms with Gasteiger partial charge in [-0.05, 0) is 56.3 Å². The third-order valence-electron chi connectivity index (χ3n) is 4.97. The Morgan fingerprint density at radius 1 is 1.03 bits per heavy atom. The van der Waals surface area contributed by atoms with Crippen LogP contribution in [-0.2, 0) is 6.18 Å². The van der Waals surface area contributed by atoms with Crippen LogP contribution in [0.4, 0.5) is 18.9 Å². The van der Waals surface area contributed by atoms with E-state index in [-0.39, 0.29) is 23.3 Å². The van der Waals surface area contributed by atoms with Gasteiger partial charge in [0.05, 0.1) is 17.9 Å². The number of aryl methyl sites for hydroxylation is 1. The summed E-state index contributed by atoms with van der Waals surface area (Å²) >= 11 is 0. The minimum absolute atomic E-state index is 0.0315. The van der Waals surface area contributed by atoms with Gasteiger partial charge in [-0.3, -0.25) is 4.79 Å². The van der Waals surface area contributed by atoms with Gasteiger partial charge in [0.2, 0.25) is 0 Å². The number of hydrogen-bond donors (Lipinski definition) is 1. The third-order valence-corrected chi connectivity index (χ3v) is 4.97. The lowest BCUT2D eigenvalue weighted by Crippen LogP contribution is -2.12. The zero-order chi connectivity index (χ0) is 24.3. The van der Waals surface area contributed by atoms with Gasteiger partial charge in [-0.25, -0.2) is 4.68 Å². The molecule has 0 unspecified atom stereocenters. The Hall–Kier alpha value is -4.14. The Labute approximate surface area is 194 Å². The van der Waals surface area contributed by atoms with Crippen molar-refractivity contribution in [1.29, 1.82) is 0 Å². The van der Waals surface area contributed by atoms with Crippen LogP contribution in [0.5, 0.6) is 6.01 Å². The van der Waals surface area contributed by atoms with Crippen LogP contribution in [0.1, 0.15) is 28.4 Å². The summed E-state index contributed by atoms with van der Waals surface area (Å²) in [5.41, 5.74) is 1.95. The van der Waals surface area contributed by atoms with Crippen LogP contribution in [0.15, 0.2) is 72.8 Å². The van der Waals surface area contributed by atoms with Crippen LogP contribution >= 0.6 is 0 Å². The Morgan fingerprint density at radius 3 is 2.47 bits per heavy atom. The van der Waals surface area contributed by atoms with E-state index in [1.165, 1.54) is 16.8 Å². The molecule has 0 fully saturated rings. The van der Waals surface area contributed by atoms with Gasteiger partial charge in [-0.1, -0.05) is 35.9 Å². The maximum absolute atomic E-state index is 13.3. The van der Waals surface area contributed by atoms with Gasteiger partial charge < -0.3 is 10.1 Å². The Bertz CT molecular complexity index is 1310. The molecule has 34 heavy (non-hydrogen) atoms. The SMILES string of the molecule is CCOc1nc(-c2cccc(C(F)(F)F)c2)n(-c2cccc(NC(=O)c3ccc(C)cc3)c2)n1. The first-order valence-electron chi connectivity index (χ1n) is 10.5. The molecule has 0 spiro atoms. The minimum atomic E-state index is -4.50. The summed E-state index contributed by atoms with van der Waals surface area (Å²) in [5.74, 6) is -0.111. The third kappa shape index (κ3) is 5.09. The number of alkyl halides is 3. The zero-order valence-electron chi connectivity index (χ0n) is 18.4. The molecule has 0 saturated heterocycles. The molecule has 0 aliphatic rings. The second kappa shape index (κ2) is 9.38. The number of carbonyl (C=O) groups is 1. The van der Waals surface area contributed by atoms with Crippen LogP contribution in [-0.4, -0.2) is 27.3 Å². The van der Waals surface area contributed by atoms with Crippen molar-refractivity contribution in [3.8, 4) is 23.1 Å². The summed E-state index contributed by atoms with van der Waals surface area (Å²) in [6.45, 7) is 3.98. The molecule has 4 aromatic rings. The molecule has 1 heterocycles. The van der Waals surface area contributed by atoms with Crippen molar-refractivity contribution in [2.45, 2.75) is 20.0 Å². The molecule has 1 amide bonds. The lowest BCUT2D eigenvalue weighted by atomic mass is 10.1. The molecule has 4 rings (SSSR count). The number of nitrogens with zero attached hydrogens (tertiary/aromatic N) is 3. The van der Waals surface area contributed by atoms with Gasteiger partial charge in [-0.2, -0.15) is 18.2 Å². The maximum Gasteiger partial charge on any atom is 0.416 e. The van der Waals surface area contributed by atoms with Gasteiger partial charge in [0.1, 0.15) is 0 Å². The molecule has 9 heteroatoms. The monoisotopic (exact) mass is 466 g/mol. The second-order valence-corrected chi connectivity index (χ2v) is 7.51. The first-order valence-corrected chi connectivity index (χ1v) is 10.5. The van der Waals surface area contributed by atoms with E-state index in [0.717, 1.165) is 17.7 Å². The predicted octanol–water partition coefficient (Wildman–Crippen LogP) is 5.91. The first kappa shape index (κ1) is 23.0. The van der Waals surface area contributed by atoms with Crippen LogP contribution in [0.3, 0.4) is 0 Å². The highest BCUT2D eigenvalue weighted by atomic mass is 19.4. The smallest absolute Gasteiger partial charge is 0.416 e. The Kier molecular flexibility index (Phi) is 6.36. The average Bonchev–Trinajstić information content (AvgIpc) is 3.23. The number of aromatic nitrogens is 3. The fraction of sp³-hybridized carbons (Fsp3) is 0.160. The van der Waals surface area contributed by atoms with E-state index in [4.69, 9.17) is 4.74 Å². The summed E-state index contributed by atoms with van der Waals surface area (Å²) in [6.07, 6.45) is -4.50. The van der Waals surface area contributed by atoms with Crippen LogP contribution < -0.4 is 10.1 Å². The van der Waals surface area contributed by atoms with Gasteiger partial charge in [0.25, 0.3) is 5.91 Å². The molecular weight excluding hydrogens is 445 g/mol. The largest absolute Gasteiger partial charge is 0.463 e. The lowest BCUT2D eigenvalue weighted by Gasteiger charge is -2.11. The zero-order valence-corrected chi connectivity index (χ0v) is 18.4.